The number of benzene rings is 1. The minimum absolute atomic E-state index is 0.642. The fourth-order valence-electron chi connectivity index (χ4n) is 2.17. The minimum atomic E-state index is 0.642. The first-order valence-corrected chi connectivity index (χ1v) is 7.27. The van der Waals surface area contributed by atoms with Crippen molar-refractivity contribution < 1.29 is 0 Å². The normalized spacial score (nSPS) is 16.6. The highest BCUT2D eigenvalue weighted by Gasteiger charge is 2.09. The van der Waals surface area contributed by atoms with Crippen LogP contribution in [0.3, 0.4) is 0 Å². The zero-order valence-corrected chi connectivity index (χ0v) is 10.6. The summed E-state index contributed by atoms with van der Waals surface area (Å²) < 4.78 is 0. The van der Waals surface area contributed by atoms with Gasteiger partial charge in [-0.05, 0) is 31.2 Å². The van der Waals surface area contributed by atoms with Crippen LogP contribution in [0.4, 0.5) is 0 Å². The van der Waals surface area contributed by atoms with Crippen LogP contribution in [0.1, 0.15) is 37.7 Å². The van der Waals surface area contributed by atoms with Crippen molar-refractivity contribution in [3.63, 3.8) is 0 Å². The van der Waals surface area contributed by atoms with Crippen LogP contribution in [0.2, 0.25) is 0 Å². The van der Waals surface area contributed by atoms with E-state index < -0.39 is 0 Å². The second-order valence-electron chi connectivity index (χ2n) is 4.30. The Morgan fingerprint density at radius 3 is 2.62 bits per heavy atom. The maximum absolute atomic E-state index is 3.45. The minimum Gasteiger partial charge on any atom is -0.128 e. The molecule has 0 aromatic heterocycles. The SMILES string of the molecule is CSc1ccccc1C#CC1CCCCC1. The highest BCUT2D eigenvalue weighted by molar-refractivity contribution is 7.98. The number of hydrogen-bond acceptors (Lipinski definition) is 1. The van der Waals surface area contributed by atoms with Crippen LogP contribution >= 0.6 is 11.8 Å². The van der Waals surface area contributed by atoms with E-state index in [1.165, 1.54) is 42.6 Å². The average Bonchev–Trinajstić information content (AvgIpc) is 2.38. The van der Waals surface area contributed by atoms with E-state index in [4.69, 9.17) is 0 Å². The smallest absolute Gasteiger partial charge is 0.0381 e. The van der Waals surface area contributed by atoms with Gasteiger partial charge in [0.2, 0.25) is 0 Å². The van der Waals surface area contributed by atoms with Crippen molar-refractivity contribution in [2.75, 3.05) is 6.26 Å². The van der Waals surface area contributed by atoms with Crippen molar-refractivity contribution in [1.82, 2.24) is 0 Å². The summed E-state index contributed by atoms with van der Waals surface area (Å²) in [6.07, 6.45) is 8.84. The molecule has 1 heteroatoms. The van der Waals surface area contributed by atoms with Crippen LogP contribution in [0.5, 0.6) is 0 Å². The third-order valence-corrected chi connectivity index (χ3v) is 3.92. The molecule has 0 amide bonds. The monoisotopic (exact) mass is 230 g/mol. The van der Waals surface area contributed by atoms with Gasteiger partial charge >= 0.3 is 0 Å². The first-order chi connectivity index (χ1) is 7.90. The van der Waals surface area contributed by atoms with Crippen molar-refractivity contribution in [2.45, 2.75) is 37.0 Å². The quantitative estimate of drug-likeness (QED) is 0.511. The van der Waals surface area contributed by atoms with E-state index in [-0.39, 0.29) is 0 Å². The van der Waals surface area contributed by atoms with Crippen LogP contribution in [-0.4, -0.2) is 6.26 Å². The van der Waals surface area contributed by atoms with E-state index in [0.29, 0.717) is 5.92 Å². The fraction of sp³-hybridized carbons (Fsp3) is 0.467. The van der Waals surface area contributed by atoms with Crippen LogP contribution in [-0.2, 0) is 0 Å². The molecule has 0 spiro atoms. The summed E-state index contributed by atoms with van der Waals surface area (Å²) >= 11 is 1.78. The molecule has 0 aliphatic heterocycles. The summed E-state index contributed by atoms with van der Waals surface area (Å²) in [6.45, 7) is 0. The average molecular weight is 230 g/mol. The molecule has 1 fully saturated rings. The molecule has 1 aromatic carbocycles. The Morgan fingerprint density at radius 2 is 1.88 bits per heavy atom. The molecule has 84 valence electrons. The Kier molecular flexibility index (Phi) is 4.36. The van der Waals surface area contributed by atoms with Crippen molar-refractivity contribution >= 4 is 11.8 Å². The highest BCUT2D eigenvalue weighted by atomic mass is 32.2. The van der Waals surface area contributed by atoms with Crippen LogP contribution < -0.4 is 0 Å². The Bertz CT molecular complexity index is 391. The van der Waals surface area contributed by atoms with Gasteiger partial charge in [-0.25, -0.2) is 0 Å². The molecule has 0 unspecified atom stereocenters. The Labute approximate surface area is 103 Å². The van der Waals surface area contributed by atoms with E-state index >= 15 is 0 Å². The van der Waals surface area contributed by atoms with Gasteiger partial charge in [-0.2, -0.15) is 0 Å². The zero-order chi connectivity index (χ0) is 11.2. The molecule has 1 aliphatic carbocycles. The van der Waals surface area contributed by atoms with E-state index in [9.17, 15) is 0 Å². The van der Waals surface area contributed by atoms with Gasteiger partial charge in [-0.3, -0.25) is 0 Å². The second kappa shape index (κ2) is 6.01. The van der Waals surface area contributed by atoms with Gasteiger partial charge in [0, 0.05) is 16.4 Å². The van der Waals surface area contributed by atoms with Crippen molar-refractivity contribution in [2.24, 2.45) is 5.92 Å². The van der Waals surface area contributed by atoms with Gasteiger partial charge in [-0.15, -0.1) is 11.8 Å². The fourth-order valence-corrected chi connectivity index (χ4v) is 2.73. The third kappa shape index (κ3) is 3.06. The summed E-state index contributed by atoms with van der Waals surface area (Å²) in [5, 5.41) is 0. The number of thioether (sulfide) groups is 1. The molecule has 0 nitrogen and oxygen atoms in total. The zero-order valence-electron chi connectivity index (χ0n) is 9.83. The van der Waals surface area contributed by atoms with Crippen LogP contribution in [0.25, 0.3) is 0 Å². The predicted octanol–water partition coefficient (Wildman–Crippen LogP) is 4.34. The predicted molar refractivity (Wildman–Crippen MR) is 71.7 cm³/mol. The van der Waals surface area contributed by atoms with Gasteiger partial charge in [-0.1, -0.05) is 43.2 Å². The van der Waals surface area contributed by atoms with Crippen molar-refractivity contribution in [3.8, 4) is 11.8 Å². The van der Waals surface area contributed by atoms with Gasteiger partial charge in [0.05, 0.1) is 0 Å². The van der Waals surface area contributed by atoms with E-state index in [2.05, 4.69) is 42.4 Å². The van der Waals surface area contributed by atoms with E-state index in [1.807, 2.05) is 0 Å². The van der Waals surface area contributed by atoms with Gasteiger partial charge < -0.3 is 0 Å². The lowest BCUT2D eigenvalue weighted by Crippen LogP contribution is -2.03. The standard InChI is InChI=1S/C15H18S/c1-16-15-10-6-5-9-14(15)12-11-13-7-3-2-4-8-13/h5-6,9-10,13H,2-4,7-8H2,1H3. The summed E-state index contributed by atoms with van der Waals surface area (Å²) in [6, 6.07) is 8.43. The van der Waals surface area contributed by atoms with E-state index in [0.717, 1.165) is 0 Å². The Morgan fingerprint density at radius 1 is 1.12 bits per heavy atom. The third-order valence-electron chi connectivity index (χ3n) is 3.12. The Balaban J connectivity index is 2.10. The summed E-state index contributed by atoms with van der Waals surface area (Å²) in [4.78, 5) is 1.30. The van der Waals surface area contributed by atoms with Gasteiger partial charge in [0.1, 0.15) is 0 Å². The second-order valence-corrected chi connectivity index (χ2v) is 5.15. The van der Waals surface area contributed by atoms with Crippen molar-refractivity contribution in [1.29, 1.82) is 0 Å². The molecule has 0 radical (unpaired) electrons. The molecule has 2 rings (SSSR count). The summed E-state index contributed by atoms with van der Waals surface area (Å²) in [5.41, 5.74) is 1.19. The summed E-state index contributed by atoms with van der Waals surface area (Å²) in [5.74, 6) is 7.45. The number of rotatable bonds is 1. The Hall–Kier alpha value is -0.870. The van der Waals surface area contributed by atoms with Crippen LogP contribution in [0, 0.1) is 17.8 Å². The van der Waals surface area contributed by atoms with E-state index in [1.54, 1.807) is 11.8 Å². The topological polar surface area (TPSA) is 0 Å². The van der Waals surface area contributed by atoms with Crippen LogP contribution in [0.15, 0.2) is 29.2 Å². The maximum Gasteiger partial charge on any atom is 0.0381 e. The largest absolute Gasteiger partial charge is 0.128 e. The molecule has 0 N–H and O–H groups in total. The van der Waals surface area contributed by atoms with Gasteiger partial charge in [0.15, 0.2) is 0 Å². The molecule has 0 atom stereocenters. The lowest BCUT2D eigenvalue weighted by atomic mass is 9.90. The number of hydrogen-bond donors (Lipinski definition) is 0. The molecule has 1 aliphatic rings. The molecule has 0 bridgehead atoms. The molecule has 1 saturated carbocycles. The molecular weight excluding hydrogens is 212 g/mol. The molecule has 0 heterocycles. The first-order valence-electron chi connectivity index (χ1n) is 6.04. The highest BCUT2D eigenvalue weighted by Crippen LogP contribution is 2.23. The first kappa shape index (κ1) is 11.6. The lowest BCUT2D eigenvalue weighted by Gasteiger charge is -2.15. The van der Waals surface area contributed by atoms with Crippen molar-refractivity contribution in [3.05, 3.63) is 29.8 Å². The lowest BCUT2D eigenvalue weighted by molar-refractivity contribution is 0.430. The molecule has 1 aromatic rings. The maximum atomic E-state index is 3.45. The molecule has 16 heavy (non-hydrogen) atoms. The molecular formula is C15H18S. The molecule has 0 saturated heterocycles. The van der Waals surface area contributed by atoms with Gasteiger partial charge in [0.25, 0.3) is 0 Å². The summed E-state index contributed by atoms with van der Waals surface area (Å²) in [7, 11) is 0.